The average molecular weight is 466 g/mol. The number of anilines is 2. The highest BCUT2D eigenvalue weighted by Gasteiger charge is 2.40. The molecule has 0 saturated heterocycles. The Balaban J connectivity index is 1.55. The van der Waals surface area contributed by atoms with Crippen LogP contribution in [0.4, 0.5) is 11.4 Å². The van der Waals surface area contributed by atoms with Gasteiger partial charge in [-0.15, -0.1) is 0 Å². The average Bonchev–Trinajstić information content (AvgIpc) is 3.42. The van der Waals surface area contributed by atoms with Crippen molar-refractivity contribution in [2.24, 2.45) is 11.0 Å². The van der Waals surface area contributed by atoms with Crippen LogP contribution in [0, 0.1) is 5.92 Å². The van der Waals surface area contributed by atoms with Crippen LogP contribution < -0.4 is 10.3 Å². The normalized spacial score (nSPS) is 16.2. The van der Waals surface area contributed by atoms with E-state index in [1.165, 1.54) is 12.1 Å². The molecule has 3 aromatic rings. The number of carbonyl (C=O) groups is 2. The minimum absolute atomic E-state index is 0.0956. The summed E-state index contributed by atoms with van der Waals surface area (Å²) in [6, 6.07) is 13.1. The minimum atomic E-state index is -3.53. The van der Waals surface area contributed by atoms with E-state index in [1.54, 1.807) is 63.5 Å². The van der Waals surface area contributed by atoms with E-state index in [4.69, 9.17) is 0 Å². The Bertz CT molecular complexity index is 1350. The number of imidazole rings is 1. The van der Waals surface area contributed by atoms with Gasteiger partial charge in [0.25, 0.3) is 5.91 Å². The van der Waals surface area contributed by atoms with Crippen LogP contribution in [0.15, 0.2) is 70.9 Å². The van der Waals surface area contributed by atoms with Gasteiger partial charge in [-0.3, -0.25) is 9.59 Å². The molecular weight excluding hydrogens is 442 g/mol. The van der Waals surface area contributed by atoms with Crippen LogP contribution in [0.5, 0.6) is 0 Å². The predicted octanol–water partition coefficient (Wildman–Crippen LogP) is 3.24. The van der Waals surface area contributed by atoms with Crippen molar-refractivity contribution in [1.29, 1.82) is 0 Å². The van der Waals surface area contributed by atoms with Gasteiger partial charge in [0.05, 0.1) is 21.5 Å². The molecule has 0 spiro atoms. The molecule has 2 N–H and O–H groups in total. The Labute approximate surface area is 191 Å². The van der Waals surface area contributed by atoms with Crippen LogP contribution in [0.3, 0.4) is 0 Å². The lowest BCUT2D eigenvalue weighted by atomic mass is 10.0. The maximum atomic E-state index is 13.1. The Kier molecular flexibility index (Phi) is 5.86. The summed E-state index contributed by atoms with van der Waals surface area (Å²) < 4.78 is 25.0. The van der Waals surface area contributed by atoms with Crippen LogP contribution in [-0.2, 0) is 19.4 Å². The highest BCUT2D eigenvalue weighted by atomic mass is 32.2. The summed E-state index contributed by atoms with van der Waals surface area (Å²) >= 11 is 0. The zero-order valence-corrected chi connectivity index (χ0v) is 19.1. The number of nitrogens with zero attached hydrogens (tertiary/aromatic N) is 3. The third-order valence-electron chi connectivity index (χ3n) is 5.31. The van der Waals surface area contributed by atoms with Crippen molar-refractivity contribution < 1.29 is 18.0 Å². The zero-order chi connectivity index (χ0) is 23.8. The summed E-state index contributed by atoms with van der Waals surface area (Å²) in [7, 11) is -3.53. The monoisotopic (exact) mass is 465 g/mol. The van der Waals surface area contributed by atoms with Crippen molar-refractivity contribution in [1.82, 2.24) is 9.97 Å². The van der Waals surface area contributed by atoms with Crippen molar-refractivity contribution in [2.75, 3.05) is 10.3 Å². The molecule has 0 bridgehead atoms. The number of hydrogen-bond donors (Lipinski definition) is 2. The molecule has 1 aromatic heterocycles. The quantitative estimate of drug-likeness (QED) is 0.541. The van der Waals surface area contributed by atoms with Gasteiger partial charge in [0, 0.05) is 23.6 Å². The smallest absolute Gasteiger partial charge is 0.265 e. The number of rotatable bonds is 6. The standard InChI is InChI=1S/C23H23N5O4S/c1-14(2)33(31,32)19-9-5-8-18(13-19)28-23(30)20(15(3)27-28)22(29)26-17-7-4-6-16(12-17)21-24-10-11-25-21/h4-14,20H,1-3H3,(H,24,25)(H,26,29). The van der Waals surface area contributed by atoms with Crippen molar-refractivity contribution in [3.05, 3.63) is 60.9 Å². The van der Waals surface area contributed by atoms with E-state index < -0.39 is 32.8 Å². The van der Waals surface area contributed by atoms with Crippen LogP contribution in [0.2, 0.25) is 0 Å². The SMILES string of the molecule is CC1=NN(c2cccc(S(=O)(=O)C(C)C)c2)C(=O)C1C(=O)Nc1cccc(-c2ncc[nH]2)c1. The van der Waals surface area contributed by atoms with Crippen LogP contribution in [0.25, 0.3) is 11.4 Å². The Morgan fingerprint density at radius 1 is 1.15 bits per heavy atom. The Morgan fingerprint density at radius 3 is 2.61 bits per heavy atom. The van der Waals surface area contributed by atoms with Crippen molar-refractivity contribution >= 4 is 38.7 Å². The van der Waals surface area contributed by atoms with E-state index in [0.29, 0.717) is 17.2 Å². The zero-order valence-electron chi connectivity index (χ0n) is 18.3. The number of nitrogens with one attached hydrogen (secondary N) is 2. The largest absolute Gasteiger partial charge is 0.345 e. The lowest BCUT2D eigenvalue weighted by Crippen LogP contribution is -2.36. The molecule has 2 aromatic carbocycles. The number of benzene rings is 2. The molecule has 0 aliphatic carbocycles. The maximum Gasteiger partial charge on any atom is 0.265 e. The number of aromatic nitrogens is 2. The molecule has 1 atom stereocenters. The Morgan fingerprint density at radius 2 is 1.91 bits per heavy atom. The maximum absolute atomic E-state index is 13.1. The summed E-state index contributed by atoms with van der Waals surface area (Å²) in [5, 5.41) is 7.48. The fourth-order valence-corrected chi connectivity index (χ4v) is 4.60. The molecular formula is C23H23N5O4S. The lowest BCUT2D eigenvalue weighted by Gasteiger charge is -2.16. The third kappa shape index (κ3) is 4.29. The van der Waals surface area contributed by atoms with Crippen molar-refractivity contribution in [3.63, 3.8) is 0 Å². The molecule has 2 heterocycles. The van der Waals surface area contributed by atoms with Gasteiger partial charge in [0.2, 0.25) is 5.91 Å². The molecule has 1 unspecified atom stereocenters. The highest BCUT2D eigenvalue weighted by Crippen LogP contribution is 2.28. The third-order valence-corrected chi connectivity index (χ3v) is 7.46. The molecule has 33 heavy (non-hydrogen) atoms. The number of aromatic amines is 1. The van der Waals surface area contributed by atoms with Crippen molar-refractivity contribution in [3.8, 4) is 11.4 Å². The second-order valence-electron chi connectivity index (χ2n) is 7.92. The summed E-state index contributed by atoms with van der Waals surface area (Å²) in [5.41, 5.74) is 1.90. The molecule has 0 saturated carbocycles. The Hall–Kier alpha value is -3.79. The molecule has 1 aliphatic rings. The number of hydrazone groups is 1. The van der Waals surface area contributed by atoms with Gasteiger partial charge in [-0.1, -0.05) is 18.2 Å². The highest BCUT2D eigenvalue weighted by molar-refractivity contribution is 7.92. The number of sulfone groups is 1. The van der Waals surface area contributed by atoms with E-state index >= 15 is 0 Å². The van der Waals surface area contributed by atoms with Gasteiger partial charge in [0.15, 0.2) is 15.8 Å². The fraction of sp³-hybridized carbons (Fsp3) is 0.217. The summed E-state index contributed by atoms with van der Waals surface area (Å²) in [6.07, 6.45) is 3.33. The first kappa shape index (κ1) is 22.4. The minimum Gasteiger partial charge on any atom is -0.345 e. The topological polar surface area (TPSA) is 125 Å². The van der Waals surface area contributed by atoms with Crippen molar-refractivity contribution in [2.45, 2.75) is 30.9 Å². The molecule has 2 amide bonds. The molecule has 1 aliphatic heterocycles. The first-order valence-corrected chi connectivity index (χ1v) is 11.9. The van der Waals surface area contributed by atoms with E-state index in [-0.39, 0.29) is 10.6 Å². The first-order valence-electron chi connectivity index (χ1n) is 10.3. The molecule has 9 nitrogen and oxygen atoms in total. The number of hydrogen-bond acceptors (Lipinski definition) is 6. The molecule has 0 fully saturated rings. The second kappa shape index (κ2) is 8.62. The molecule has 0 radical (unpaired) electrons. The van der Waals surface area contributed by atoms with Gasteiger partial charge in [0.1, 0.15) is 5.82 Å². The number of amides is 2. The van der Waals surface area contributed by atoms with E-state index in [2.05, 4.69) is 20.4 Å². The molecule has 10 heteroatoms. The van der Waals surface area contributed by atoms with Gasteiger partial charge in [-0.05, 0) is 51.1 Å². The second-order valence-corrected chi connectivity index (χ2v) is 10.4. The molecule has 170 valence electrons. The van der Waals surface area contributed by atoms with Gasteiger partial charge in [-0.25, -0.2) is 13.4 Å². The summed E-state index contributed by atoms with van der Waals surface area (Å²) in [6.45, 7) is 4.77. The van der Waals surface area contributed by atoms with Crippen LogP contribution in [-0.4, -0.2) is 41.2 Å². The summed E-state index contributed by atoms with van der Waals surface area (Å²) in [4.78, 5) is 33.3. The van der Waals surface area contributed by atoms with Gasteiger partial charge < -0.3 is 10.3 Å². The van der Waals surface area contributed by atoms with Crippen LogP contribution in [0.1, 0.15) is 20.8 Å². The van der Waals surface area contributed by atoms with Crippen LogP contribution >= 0.6 is 0 Å². The lowest BCUT2D eigenvalue weighted by molar-refractivity contribution is -0.127. The molecule has 4 rings (SSSR count). The summed E-state index contributed by atoms with van der Waals surface area (Å²) in [5.74, 6) is -1.54. The van der Waals surface area contributed by atoms with E-state index in [1.807, 2.05) is 6.07 Å². The predicted molar refractivity (Wildman–Crippen MR) is 126 cm³/mol. The number of H-pyrrole nitrogens is 1. The van der Waals surface area contributed by atoms with Gasteiger partial charge >= 0.3 is 0 Å². The fourth-order valence-electron chi connectivity index (χ4n) is 3.50. The van der Waals surface area contributed by atoms with Gasteiger partial charge in [-0.2, -0.15) is 10.1 Å². The first-order chi connectivity index (χ1) is 15.7. The van der Waals surface area contributed by atoms with E-state index in [9.17, 15) is 18.0 Å². The van der Waals surface area contributed by atoms with E-state index in [0.717, 1.165) is 10.6 Å². The number of carbonyl (C=O) groups excluding carboxylic acids is 2.